The lowest BCUT2D eigenvalue weighted by Gasteiger charge is -2.07. The molecule has 0 amide bonds. The number of carbonyl (C=O) groups excluding carboxylic acids is 1. The quantitative estimate of drug-likeness (QED) is 0.734. The first-order valence-electron chi connectivity index (χ1n) is 6.76. The summed E-state index contributed by atoms with van der Waals surface area (Å²) >= 11 is 1.19. The van der Waals surface area contributed by atoms with Gasteiger partial charge in [0, 0.05) is 5.56 Å². The summed E-state index contributed by atoms with van der Waals surface area (Å²) < 4.78 is 25.4. The Morgan fingerprint density at radius 3 is 2.30 bits per heavy atom. The fourth-order valence-corrected chi connectivity index (χ4v) is 4.69. The molecule has 0 aliphatic carbocycles. The highest BCUT2D eigenvalue weighted by Gasteiger charge is 2.21. The van der Waals surface area contributed by atoms with Crippen LogP contribution in [0.25, 0.3) is 11.1 Å². The molecule has 2 aromatic carbocycles. The van der Waals surface area contributed by atoms with Crippen molar-refractivity contribution in [1.29, 1.82) is 0 Å². The number of benzene rings is 2. The minimum atomic E-state index is -3.66. The molecule has 1 heterocycles. The number of sulfone groups is 1. The first-order chi connectivity index (χ1) is 11.0. The zero-order chi connectivity index (χ0) is 16.4. The van der Waals surface area contributed by atoms with Gasteiger partial charge in [-0.15, -0.1) is 11.3 Å². The highest BCUT2D eigenvalue weighted by molar-refractivity contribution is 7.91. The third-order valence-electron chi connectivity index (χ3n) is 3.45. The van der Waals surface area contributed by atoms with Crippen molar-refractivity contribution in [2.75, 3.05) is 5.73 Å². The second kappa shape index (κ2) is 5.98. The maximum absolute atomic E-state index is 12.7. The largest absolute Gasteiger partial charge is 0.390 e. The van der Waals surface area contributed by atoms with E-state index in [4.69, 9.17) is 5.73 Å². The Kier molecular flexibility index (Phi) is 4.02. The van der Waals surface area contributed by atoms with Crippen LogP contribution in [0.15, 0.2) is 69.8 Å². The Hall–Kier alpha value is -2.44. The molecule has 0 radical (unpaired) electrons. The molecule has 0 atom stereocenters. The molecule has 0 aliphatic rings. The van der Waals surface area contributed by atoms with Gasteiger partial charge in [-0.05, 0) is 40.8 Å². The molecule has 0 unspecified atom stereocenters. The summed E-state index contributed by atoms with van der Waals surface area (Å²) in [4.78, 5) is 11.2. The number of anilines is 1. The summed E-state index contributed by atoms with van der Waals surface area (Å²) in [7, 11) is -3.66. The first-order valence-corrected chi connectivity index (χ1v) is 9.12. The van der Waals surface area contributed by atoms with Gasteiger partial charge in [0.25, 0.3) is 0 Å². The van der Waals surface area contributed by atoms with Gasteiger partial charge in [-0.3, -0.25) is 4.79 Å². The van der Waals surface area contributed by atoms with E-state index in [0.29, 0.717) is 5.56 Å². The molecule has 0 bridgehead atoms. The number of hydrogen-bond donors (Lipinski definition) is 1. The second-order valence-corrected chi connectivity index (χ2v) is 7.79. The van der Waals surface area contributed by atoms with E-state index < -0.39 is 9.84 Å². The molecular formula is C17H13NO3S2. The minimum Gasteiger partial charge on any atom is -0.390 e. The molecule has 116 valence electrons. The number of nitrogen functional groups attached to an aromatic ring is 1. The van der Waals surface area contributed by atoms with Crippen LogP contribution in [0.4, 0.5) is 5.00 Å². The van der Waals surface area contributed by atoms with Crippen molar-refractivity contribution in [1.82, 2.24) is 0 Å². The fourth-order valence-electron chi connectivity index (χ4n) is 2.29. The van der Waals surface area contributed by atoms with Crippen molar-refractivity contribution in [3.05, 3.63) is 65.5 Å². The molecule has 0 aliphatic heterocycles. The highest BCUT2D eigenvalue weighted by atomic mass is 32.2. The first kappa shape index (κ1) is 15.5. The Balaban J connectivity index is 2.10. The van der Waals surface area contributed by atoms with Crippen LogP contribution in [0.5, 0.6) is 0 Å². The van der Waals surface area contributed by atoms with Gasteiger partial charge in [-0.1, -0.05) is 30.3 Å². The lowest BCUT2D eigenvalue weighted by molar-refractivity contribution is 0.112. The molecule has 23 heavy (non-hydrogen) atoms. The van der Waals surface area contributed by atoms with Crippen LogP contribution < -0.4 is 5.73 Å². The van der Waals surface area contributed by atoms with E-state index >= 15 is 0 Å². The van der Waals surface area contributed by atoms with E-state index in [-0.39, 0.29) is 14.8 Å². The summed E-state index contributed by atoms with van der Waals surface area (Å²) in [6, 6.07) is 15.1. The molecule has 3 aromatic rings. The van der Waals surface area contributed by atoms with Crippen molar-refractivity contribution in [3.63, 3.8) is 0 Å². The maximum Gasteiger partial charge on any atom is 0.209 e. The number of carbonyl (C=O) groups is 1. The third kappa shape index (κ3) is 2.91. The topological polar surface area (TPSA) is 77.2 Å². The smallest absolute Gasteiger partial charge is 0.209 e. The average Bonchev–Trinajstić information content (AvgIpc) is 3.02. The van der Waals surface area contributed by atoms with Gasteiger partial charge in [-0.25, -0.2) is 8.42 Å². The molecule has 0 saturated carbocycles. The molecule has 6 heteroatoms. The molecule has 0 fully saturated rings. The van der Waals surface area contributed by atoms with Crippen molar-refractivity contribution >= 4 is 32.5 Å². The Bertz CT molecular complexity index is 975. The Morgan fingerprint density at radius 2 is 1.65 bits per heavy atom. The normalized spacial score (nSPS) is 11.3. The number of nitrogens with two attached hydrogens (primary N) is 1. The Morgan fingerprint density at radius 1 is 0.957 bits per heavy atom. The van der Waals surface area contributed by atoms with Crippen molar-refractivity contribution in [2.45, 2.75) is 9.79 Å². The van der Waals surface area contributed by atoms with Gasteiger partial charge in [0.15, 0.2) is 0 Å². The van der Waals surface area contributed by atoms with E-state index in [9.17, 15) is 13.2 Å². The molecule has 0 spiro atoms. The van der Waals surface area contributed by atoms with E-state index in [1.54, 1.807) is 47.8 Å². The van der Waals surface area contributed by atoms with Gasteiger partial charge in [0.1, 0.15) is 16.2 Å². The summed E-state index contributed by atoms with van der Waals surface area (Å²) in [5.74, 6) is 0. The number of aldehydes is 1. The van der Waals surface area contributed by atoms with Crippen molar-refractivity contribution in [2.24, 2.45) is 0 Å². The molecule has 4 nitrogen and oxygen atoms in total. The van der Waals surface area contributed by atoms with Gasteiger partial charge in [0.05, 0.1) is 4.90 Å². The highest BCUT2D eigenvalue weighted by Crippen LogP contribution is 2.31. The summed E-state index contributed by atoms with van der Waals surface area (Å²) in [5.41, 5.74) is 7.80. The van der Waals surface area contributed by atoms with Crippen LogP contribution >= 0.6 is 11.3 Å². The van der Waals surface area contributed by atoms with E-state index in [0.717, 1.165) is 17.4 Å². The number of rotatable bonds is 4. The predicted molar refractivity (Wildman–Crippen MR) is 91.4 cm³/mol. The molecule has 2 N–H and O–H groups in total. The van der Waals surface area contributed by atoms with Gasteiger partial charge >= 0.3 is 0 Å². The average molecular weight is 343 g/mol. The van der Waals surface area contributed by atoms with Crippen LogP contribution in [0, 0.1) is 0 Å². The van der Waals surface area contributed by atoms with Crippen LogP contribution in [0.3, 0.4) is 0 Å². The van der Waals surface area contributed by atoms with Crippen LogP contribution in [0.2, 0.25) is 0 Å². The zero-order valence-electron chi connectivity index (χ0n) is 12.0. The van der Waals surface area contributed by atoms with Crippen LogP contribution in [-0.4, -0.2) is 14.7 Å². The van der Waals surface area contributed by atoms with Crippen molar-refractivity contribution in [3.8, 4) is 11.1 Å². The van der Waals surface area contributed by atoms with Gasteiger partial charge in [0.2, 0.25) is 9.84 Å². The fraction of sp³-hybridized carbons (Fsp3) is 0. The summed E-state index contributed by atoms with van der Waals surface area (Å²) in [5, 5.41) is 1.93. The monoisotopic (exact) mass is 343 g/mol. The SMILES string of the molecule is Nc1sccc1S(=O)(=O)c1cccc(-c2cccc(C=O)c2)c1. The molecule has 3 rings (SSSR count). The standard InChI is InChI=1S/C17H13NO3S2/c18-17-16(7-8-22-17)23(20,21)15-6-2-5-14(10-15)13-4-1-3-12(9-13)11-19/h1-11H,18H2. The van der Waals surface area contributed by atoms with E-state index in [2.05, 4.69) is 0 Å². The van der Waals surface area contributed by atoms with Crippen molar-refractivity contribution < 1.29 is 13.2 Å². The minimum absolute atomic E-state index is 0.126. The lowest BCUT2D eigenvalue weighted by atomic mass is 10.0. The second-order valence-electron chi connectivity index (χ2n) is 4.92. The predicted octanol–water partition coefficient (Wildman–Crippen LogP) is 3.64. The third-order valence-corrected chi connectivity index (χ3v) is 6.13. The molecule has 1 aromatic heterocycles. The van der Waals surface area contributed by atoms with E-state index in [1.165, 1.54) is 17.4 Å². The number of hydrogen-bond acceptors (Lipinski definition) is 5. The van der Waals surface area contributed by atoms with E-state index in [1.807, 2.05) is 6.07 Å². The van der Waals surface area contributed by atoms with Crippen LogP contribution in [0.1, 0.15) is 10.4 Å². The maximum atomic E-state index is 12.7. The Labute approximate surface area is 138 Å². The zero-order valence-corrected chi connectivity index (χ0v) is 13.6. The summed E-state index contributed by atoms with van der Waals surface area (Å²) in [6.45, 7) is 0. The molecular weight excluding hydrogens is 330 g/mol. The number of thiophene rings is 1. The van der Waals surface area contributed by atoms with Gasteiger partial charge in [-0.2, -0.15) is 0 Å². The summed E-state index contributed by atoms with van der Waals surface area (Å²) in [6.07, 6.45) is 0.760. The van der Waals surface area contributed by atoms with Gasteiger partial charge < -0.3 is 5.73 Å². The molecule has 0 saturated heterocycles. The van der Waals surface area contributed by atoms with Crippen LogP contribution in [-0.2, 0) is 9.84 Å². The lowest BCUT2D eigenvalue weighted by Crippen LogP contribution is -2.03.